The number of rotatable bonds is 5. The lowest BCUT2D eigenvalue weighted by atomic mass is 9.95. The van der Waals surface area contributed by atoms with E-state index in [9.17, 15) is 4.79 Å². The van der Waals surface area contributed by atoms with Crippen molar-refractivity contribution in [1.82, 2.24) is 10.1 Å². The van der Waals surface area contributed by atoms with Crippen LogP contribution in [0.1, 0.15) is 40.2 Å². The van der Waals surface area contributed by atoms with E-state index in [0.717, 1.165) is 5.56 Å². The zero-order valence-electron chi connectivity index (χ0n) is 13.0. The molecule has 0 fully saturated rings. The number of ketones is 1. The van der Waals surface area contributed by atoms with Crippen LogP contribution in [0.2, 0.25) is 0 Å². The van der Waals surface area contributed by atoms with Gasteiger partial charge in [0.1, 0.15) is 0 Å². The Balaban J connectivity index is 1.89. The predicted molar refractivity (Wildman–Crippen MR) is 87.7 cm³/mol. The van der Waals surface area contributed by atoms with Gasteiger partial charge in [-0.25, -0.2) is 0 Å². The van der Waals surface area contributed by atoms with Gasteiger partial charge in [-0.15, -0.1) is 0 Å². The molecule has 3 rings (SSSR count). The molecule has 1 aromatic heterocycles. The fourth-order valence-corrected chi connectivity index (χ4v) is 2.36. The zero-order chi connectivity index (χ0) is 16.2. The minimum Gasteiger partial charge on any atom is -0.355 e. The maximum absolute atomic E-state index is 12.5. The van der Waals surface area contributed by atoms with Crippen LogP contribution in [0.4, 0.5) is 5.95 Å². The monoisotopic (exact) mass is 307 g/mol. The minimum atomic E-state index is -0.0897. The molecular formula is C18H17N3O2. The van der Waals surface area contributed by atoms with Crippen molar-refractivity contribution in [2.45, 2.75) is 12.8 Å². The summed E-state index contributed by atoms with van der Waals surface area (Å²) in [4.78, 5) is 16.8. The van der Waals surface area contributed by atoms with Crippen LogP contribution in [-0.4, -0.2) is 23.0 Å². The summed E-state index contributed by atoms with van der Waals surface area (Å²) in [5.74, 6) is 0.872. The molecule has 23 heavy (non-hydrogen) atoms. The van der Waals surface area contributed by atoms with Crippen LogP contribution < -0.4 is 5.32 Å². The average molecular weight is 307 g/mol. The number of nitrogens with one attached hydrogen (secondary N) is 1. The standard InChI is InChI=1S/C18H17N3O2/c1-12(17-20-18(19-2)21-23-17)14-9-6-10-15(11-14)16(22)13-7-4-3-5-8-13/h3-12H,1-2H3,(H,19,21). The van der Waals surface area contributed by atoms with Crippen molar-refractivity contribution >= 4 is 11.7 Å². The molecule has 0 radical (unpaired) electrons. The Hall–Kier alpha value is -2.95. The molecule has 0 aliphatic carbocycles. The summed E-state index contributed by atoms with van der Waals surface area (Å²) in [6, 6.07) is 16.8. The Labute approximate surface area is 134 Å². The number of hydrogen-bond acceptors (Lipinski definition) is 5. The van der Waals surface area contributed by atoms with Crippen LogP contribution in [0.3, 0.4) is 0 Å². The topological polar surface area (TPSA) is 68.0 Å². The van der Waals surface area contributed by atoms with Gasteiger partial charge < -0.3 is 9.84 Å². The highest BCUT2D eigenvalue weighted by molar-refractivity contribution is 6.09. The highest BCUT2D eigenvalue weighted by Crippen LogP contribution is 2.25. The van der Waals surface area contributed by atoms with E-state index in [2.05, 4.69) is 15.5 Å². The predicted octanol–water partition coefficient (Wildman–Crippen LogP) is 3.49. The van der Waals surface area contributed by atoms with Crippen molar-refractivity contribution in [3.05, 3.63) is 77.2 Å². The van der Waals surface area contributed by atoms with Crippen LogP contribution in [0.25, 0.3) is 0 Å². The maximum atomic E-state index is 12.5. The lowest BCUT2D eigenvalue weighted by Crippen LogP contribution is -2.03. The minimum absolute atomic E-state index is 0.00101. The summed E-state index contributed by atoms with van der Waals surface area (Å²) < 4.78 is 5.25. The first kappa shape index (κ1) is 15.0. The van der Waals surface area contributed by atoms with Crippen molar-refractivity contribution in [3.8, 4) is 0 Å². The smallest absolute Gasteiger partial charge is 0.263 e. The number of carbonyl (C=O) groups excluding carboxylic acids is 1. The van der Waals surface area contributed by atoms with Crippen molar-refractivity contribution < 1.29 is 9.32 Å². The normalized spacial score (nSPS) is 11.9. The van der Waals surface area contributed by atoms with Gasteiger partial charge in [-0.05, 0) is 23.7 Å². The van der Waals surface area contributed by atoms with E-state index >= 15 is 0 Å². The summed E-state index contributed by atoms with van der Waals surface area (Å²) in [5, 5.41) is 6.66. The number of benzene rings is 2. The molecule has 0 bridgehead atoms. The summed E-state index contributed by atoms with van der Waals surface area (Å²) >= 11 is 0. The SMILES string of the molecule is CNc1noc(C(C)c2cccc(C(=O)c3ccccc3)c2)n1. The Morgan fingerprint density at radius 3 is 2.52 bits per heavy atom. The maximum Gasteiger partial charge on any atom is 0.263 e. The average Bonchev–Trinajstić information content (AvgIpc) is 3.10. The number of hydrogen-bond donors (Lipinski definition) is 1. The first-order valence-corrected chi connectivity index (χ1v) is 7.40. The van der Waals surface area contributed by atoms with Gasteiger partial charge in [0.2, 0.25) is 5.89 Å². The van der Waals surface area contributed by atoms with E-state index in [0.29, 0.717) is 23.0 Å². The van der Waals surface area contributed by atoms with Gasteiger partial charge in [0, 0.05) is 18.2 Å². The fourth-order valence-electron chi connectivity index (χ4n) is 2.36. The molecule has 3 aromatic rings. The van der Waals surface area contributed by atoms with Crippen molar-refractivity contribution in [2.75, 3.05) is 12.4 Å². The van der Waals surface area contributed by atoms with Gasteiger partial charge in [0.25, 0.3) is 5.95 Å². The van der Waals surface area contributed by atoms with Crippen LogP contribution in [0.5, 0.6) is 0 Å². The number of carbonyl (C=O) groups is 1. The van der Waals surface area contributed by atoms with Crippen molar-refractivity contribution in [1.29, 1.82) is 0 Å². The zero-order valence-corrected chi connectivity index (χ0v) is 13.0. The van der Waals surface area contributed by atoms with Crippen LogP contribution in [0.15, 0.2) is 59.1 Å². The van der Waals surface area contributed by atoms with Gasteiger partial charge in [-0.1, -0.05) is 48.5 Å². The van der Waals surface area contributed by atoms with E-state index < -0.39 is 0 Å². The molecule has 1 N–H and O–H groups in total. The molecule has 0 spiro atoms. The Morgan fingerprint density at radius 2 is 1.83 bits per heavy atom. The summed E-state index contributed by atoms with van der Waals surface area (Å²) in [6.45, 7) is 1.97. The number of nitrogens with zero attached hydrogens (tertiary/aromatic N) is 2. The Kier molecular flexibility index (Phi) is 4.19. The molecule has 0 aliphatic heterocycles. The number of aromatic nitrogens is 2. The molecule has 1 heterocycles. The van der Waals surface area contributed by atoms with Gasteiger partial charge in [-0.2, -0.15) is 4.98 Å². The molecular weight excluding hydrogens is 290 g/mol. The van der Waals surface area contributed by atoms with E-state index in [1.807, 2.05) is 61.5 Å². The molecule has 1 unspecified atom stereocenters. The lowest BCUT2D eigenvalue weighted by molar-refractivity contribution is 0.103. The fraction of sp³-hybridized carbons (Fsp3) is 0.167. The van der Waals surface area contributed by atoms with Gasteiger partial charge in [-0.3, -0.25) is 4.79 Å². The molecule has 1 atom stereocenters. The van der Waals surface area contributed by atoms with Crippen LogP contribution in [0, 0.1) is 0 Å². The molecule has 0 saturated carbocycles. The highest BCUT2D eigenvalue weighted by atomic mass is 16.5. The van der Waals surface area contributed by atoms with Gasteiger partial charge in [0.15, 0.2) is 5.78 Å². The molecule has 0 amide bonds. The second kappa shape index (κ2) is 6.44. The van der Waals surface area contributed by atoms with E-state index in [4.69, 9.17) is 4.52 Å². The van der Waals surface area contributed by atoms with E-state index in [1.165, 1.54) is 0 Å². The second-order valence-electron chi connectivity index (χ2n) is 5.25. The van der Waals surface area contributed by atoms with Crippen LogP contribution >= 0.6 is 0 Å². The molecule has 5 nitrogen and oxygen atoms in total. The first-order chi connectivity index (χ1) is 11.2. The third-order valence-corrected chi connectivity index (χ3v) is 3.72. The molecule has 2 aromatic carbocycles. The van der Waals surface area contributed by atoms with E-state index in [-0.39, 0.29) is 11.7 Å². The molecule has 0 saturated heterocycles. The van der Waals surface area contributed by atoms with Gasteiger partial charge in [0.05, 0.1) is 5.92 Å². The van der Waals surface area contributed by atoms with Crippen molar-refractivity contribution in [3.63, 3.8) is 0 Å². The lowest BCUT2D eigenvalue weighted by Gasteiger charge is -2.09. The Bertz CT molecular complexity index is 812. The number of anilines is 1. The second-order valence-corrected chi connectivity index (χ2v) is 5.25. The van der Waals surface area contributed by atoms with E-state index in [1.54, 1.807) is 7.05 Å². The quantitative estimate of drug-likeness (QED) is 0.731. The van der Waals surface area contributed by atoms with Crippen molar-refractivity contribution in [2.24, 2.45) is 0 Å². The Morgan fingerprint density at radius 1 is 1.09 bits per heavy atom. The summed E-state index contributed by atoms with van der Waals surface area (Å²) in [7, 11) is 1.73. The molecule has 116 valence electrons. The molecule has 0 aliphatic rings. The van der Waals surface area contributed by atoms with Gasteiger partial charge >= 0.3 is 0 Å². The largest absolute Gasteiger partial charge is 0.355 e. The summed E-state index contributed by atoms with van der Waals surface area (Å²) in [6.07, 6.45) is 0. The third kappa shape index (κ3) is 3.13. The van der Waals surface area contributed by atoms with Crippen LogP contribution in [-0.2, 0) is 0 Å². The summed E-state index contributed by atoms with van der Waals surface area (Å²) in [5.41, 5.74) is 2.28. The first-order valence-electron chi connectivity index (χ1n) is 7.40. The third-order valence-electron chi connectivity index (χ3n) is 3.72. The highest BCUT2D eigenvalue weighted by Gasteiger charge is 2.18. The molecule has 5 heteroatoms.